The fourth-order valence-electron chi connectivity index (χ4n) is 1.26. The van der Waals surface area contributed by atoms with Crippen molar-refractivity contribution >= 4 is 6.98 Å². The van der Waals surface area contributed by atoms with Gasteiger partial charge in [0.05, 0.1) is 6.61 Å². The summed E-state index contributed by atoms with van der Waals surface area (Å²) < 4.78 is 35.9. The van der Waals surface area contributed by atoms with Gasteiger partial charge >= 0.3 is 58.4 Å². The zero-order valence-corrected chi connectivity index (χ0v) is 10.8. The third-order valence-electron chi connectivity index (χ3n) is 1.89. The minimum atomic E-state index is -4.74. The Morgan fingerprint density at radius 1 is 1.31 bits per heavy atom. The molecule has 1 saturated carbocycles. The van der Waals surface area contributed by atoms with Crippen LogP contribution in [0.25, 0.3) is 0 Å². The van der Waals surface area contributed by atoms with Gasteiger partial charge in [-0.05, 0) is 19.3 Å². The van der Waals surface area contributed by atoms with E-state index in [0.717, 1.165) is 12.8 Å². The standard InChI is InChI=1S/C6H12BF3NO.K/c8-7(9,10)5-11(3-4-12)6-1-2-6;/h6,12H,1-5H2;/q-1;+1. The molecule has 0 aromatic carbocycles. The van der Waals surface area contributed by atoms with Crippen LogP contribution in [0.3, 0.4) is 0 Å². The van der Waals surface area contributed by atoms with Crippen LogP contribution in [0, 0.1) is 0 Å². The van der Waals surface area contributed by atoms with Crippen molar-refractivity contribution in [2.75, 3.05) is 19.6 Å². The summed E-state index contributed by atoms with van der Waals surface area (Å²) >= 11 is 0. The van der Waals surface area contributed by atoms with Crippen LogP contribution in [0.4, 0.5) is 12.9 Å². The Morgan fingerprint density at radius 3 is 2.15 bits per heavy atom. The molecule has 0 aromatic heterocycles. The molecule has 1 aliphatic rings. The summed E-state index contributed by atoms with van der Waals surface area (Å²) in [5.74, 6) is 0. The largest absolute Gasteiger partial charge is 1.00 e. The second-order valence-corrected chi connectivity index (χ2v) is 3.16. The van der Waals surface area contributed by atoms with Crippen molar-refractivity contribution < 1.29 is 69.4 Å². The Morgan fingerprint density at radius 2 is 1.85 bits per heavy atom. The van der Waals surface area contributed by atoms with Crippen LogP contribution in [0.1, 0.15) is 12.8 Å². The van der Waals surface area contributed by atoms with Gasteiger partial charge < -0.3 is 23.0 Å². The molecule has 1 N–H and O–H groups in total. The van der Waals surface area contributed by atoms with Crippen molar-refractivity contribution in [3.63, 3.8) is 0 Å². The summed E-state index contributed by atoms with van der Waals surface area (Å²) in [5.41, 5.74) is 0. The Kier molecular flexibility index (Phi) is 6.76. The van der Waals surface area contributed by atoms with Crippen molar-refractivity contribution in [3.8, 4) is 0 Å². The van der Waals surface area contributed by atoms with Gasteiger partial charge in [0.2, 0.25) is 0 Å². The second-order valence-electron chi connectivity index (χ2n) is 3.16. The maximum absolute atomic E-state index is 12.0. The number of halogens is 3. The Bertz CT molecular complexity index is 153. The van der Waals surface area contributed by atoms with Crippen LogP contribution in [0.15, 0.2) is 0 Å². The third-order valence-corrected chi connectivity index (χ3v) is 1.89. The van der Waals surface area contributed by atoms with E-state index in [9.17, 15) is 12.9 Å². The van der Waals surface area contributed by atoms with Crippen molar-refractivity contribution in [1.82, 2.24) is 4.90 Å². The molecular formula is C6H12BF3KNO. The monoisotopic (exact) mass is 221 g/mol. The number of nitrogens with zero attached hydrogens (tertiary/aromatic N) is 1. The maximum Gasteiger partial charge on any atom is 1.00 e. The molecule has 0 radical (unpaired) electrons. The number of hydrogen-bond donors (Lipinski definition) is 1. The van der Waals surface area contributed by atoms with Crippen LogP contribution in [0.5, 0.6) is 0 Å². The SMILES string of the molecule is OCCN(C[B-](F)(F)F)C1CC1.[K+]. The van der Waals surface area contributed by atoms with Crippen LogP contribution in [-0.4, -0.2) is 42.6 Å². The molecule has 0 aliphatic heterocycles. The molecule has 0 atom stereocenters. The van der Waals surface area contributed by atoms with E-state index in [0.29, 0.717) is 0 Å². The summed E-state index contributed by atoms with van der Waals surface area (Å²) in [5, 5.41) is 8.51. The van der Waals surface area contributed by atoms with Gasteiger partial charge in [0.15, 0.2) is 0 Å². The Balaban J connectivity index is 0.00000144. The van der Waals surface area contributed by atoms with E-state index in [1.807, 2.05) is 0 Å². The molecule has 0 heterocycles. The number of rotatable bonds is 5. The van der Waals surface area contributed by atoms with Gasteiger partial charge in [0, 0.05) is 12.6 Å². The zero-order chi connectivity index (χ0) is 9.19. The van der Waals surface area contributed by atoms with Gasteiger partial charge in [0.1, 0.15) is 0 Å². The van der Waals surface area contributed by atoms with Crippen molar-refractivity contribution in [3.05, 3.63) is 0 Å². The van der Waals surface area contributed by atoms with Crippen molar-refractivity contribution in [2.45, 2.75) is 18.9 Å². The number of hydrogen-bond acceptors (Lipinski definition) is 2. The smallest absolute Gasteiger partial charge is 0.448 e. The average Bonchev–Trinajstić information content (AvgIpc) is 2.63. The van der Waals surface area contributed by atoms with Gasteiger partial charge in [-0.1, -0.05) is 0 Å². The van der Waals surface area contributed by atoms with E-state index in [-0.39, 0.29) is 70.6 Å². The van der Waals surface area contributed by atoms with E-state index >= 15 is 0 Å². The van der Waals surface area contributed by atoms with E-state index in [1.165, 1.54) is 4.90 Å². The normalized spacial score (nSPS) is 17.3. The molecule has 1 fully saturated rings. The third kappa shape index (κ3) is 6.48. The second kappa shape index (κ2) is 6.09. The molecule has 13 heavy (non-hydrogen) atoms. The Hall–Kier alpha value is 1.41. The molecule has 72 valence electrons. The molecule has 1 rings (SSSR count). The summed E-state index contributed by atoms with van der Waals surface area (Å²) in [7, 11) is 0. The molecular weight excluding hydrogens is 209 g/mol. The first kappa shape index (κ1) is 14.4. The van der Waals surface area contributed by atoms with Gasteiger partial charge in [0.25, 0.3) is 0 Å². The molecule has 0 spiro atoms. The van der Waals surface area contributed by atoms with Crippen LogP contribution in [-0.2, 0) is 0 Å². The maximum atomic E-state index is 12.0. The minimum absolute atomic E-state index is 0. The molecule has 1 aliphatic carbocycles. The molecule has 0 saturated heterocycles. The quantitative estimate of drug-likeness (QED) is 0.534. The summed E-state index contributed by atoms with van der Waals surface area (Å²) in [6.45, 7) is -4.78. The summed E-state index contributed by atoms with van der Waals surface area (Å²) in [6, 6.07) is 0.0700. The van der Waals surface area contributed by atoms with E-state index in [1.54, 1.807) is 0 Å². The molecule has 0 unspecified atom stereocenters. The van der Waals surface area contributed by atoms with Crippen LogP contribution in [0.2, 0.25) is 0 Å². The zero-order valence-electron chi connectivity index (χ0n) is 7.72. The van der Waals surface area contributed by atoms with Crippen LogP contribution < -0.4 is 51.4 Å². The fraction of sp³-hybridized carbons (Fsp3) is 1.00. The molecule has 0 amide bonds. The molecule has 0 bridgehead atoms. The Labute approximate surface area is 118 Å². The first-order chi connectivity index (χ1) is 5.53. The minimum Gasteiger partial charge on any atom is -0.448 e. The molecule has 0 aromatic rings. The van der Waals surface area contributed by atoms with Crippen molar-refractivity contribution in [2.24, 2.45) is 0 Å². The topological polar surface area (TPSA) is 23.5 Å². The summed E-state index contributed by atoms with van der Waals surface area (Å²) in [4.78, 5) is 1.32. The molecule has 2 nitrogen and oxygen atoms in total. The van der Waals surface area contributed by atoms with Gasteiger partial charge in [-0.15, -0.1) is 0 Å². The van der Waals surface area contributed by atoms with Crippen molar-refractivity contribution in [1.29, 1.82) is 0 Å². The van der Waals surface area contributed by atoms with Gasteiger partial charge in [-0.25, -0.2) is 0 Å². The first-order valence-electron chi connectivity index (χ1n) is 4.09. The fourth-order valence-corrected chi connectivity index (χ4v) is 1.26. The predicted molar refractivity (Wildman–Crippen MR) is 40.8 cm³/mol. The van der Waals surface area contributed by atoms with E-state index < -0.39 is 13.4 Å². The van der Waals surface area contributed by atoms with Gasteiger partial charge in [-0.2, -0.15) is 0 Å². The summed E-state index contributed by atoms with van der Waals surface area (Å²) in [6.07, 6.45) is 0.851. The first-order valence-corrected chi connectivity index (χ1v) is 4.09. The number of aliphatic hydroxyl groups excluding tert-OH is 1. The molecule has 7 heteroatoms. The predicted octanol–water partition coefficient (Wildman–Crippen LogP) is -2.17. The van der Waals surface area contributed by atoms with Gasteiger partial charge in [-0.3, -0.25) is 0 Å². The number of aliphatic hydroxyl groups is 1. The van der Waals surface area contributed by atoms with E-state index in [4.69, 9.17) is 5.11 Å². The van der Waals surface area contributed by atoms with Crippen LogP contribution >= 0.6 is 0 Å². The average molecular weight is 221 g/mol. The van der Waals surface area contributed by atoms with E-state index in [2.05, 4.69) is 0 Å².